The van der Waals surface area contributed by atoms with Crippen molar-refractivity contribution in [1.82, 2.24) is 15.5 Å². The number of carbonyl (C=O) groups excluding carboxylic acids is 2. The third kappa shape index (κ3) is 4.47. The van der Waals surface area contributed by atoms with Gasteiger partial charge in [0.2, 0.25) is 5.91 Å². The fourth-order valence-corrected chi connectivity index (χ4v) is 3.15. The number of imide groups is 1. The molecule has 2 rings (SSSR count). The molecule has 2 fully saturated rings. The van der Waals surface area contributed by atoms with Gasteiger partial charge in [0.25, 0.3) is 0 Å². The van der Waals surface area contributed by atoms with Gasteiger partial charge in [-0.2, -0.15) is 0 Å². The lowest BCUT2D eigenvalue weighted by Crippen LogP contribution is -2.42. The normalized spacial score (nSPS) is 25.4. The summed E-state index contributed by atoms with van der Waals surface area (Å²) in [4.78, 5) is 24.1. The number of urea groups is 1. The molecule has 108 valence electrons. The molecule has 6 heteroatoms. The molecule has 6 nitrogen and oxygen atoms in total. The van der Waals surface area contributed by atoms with Crippen LogP contribution >= 0.6 is 0 Å². The molecule has 1 atom stereocenters. The highest BCUT2D eigenvalue weighted by Crippen LogP contribution is 2.25. The van der Waals surface area contributed by atoms with E-state index in [1.165, 1.54) is 25.7 Å². The minimum absolute atomic E-state index is 0.285. The van der Waals surface area contributed by atoms with E-state index in [0.29, 0.717) is 19.0 Å². The summed E-state index contributed by atoms with van der Waals surface area (Å²) in [6.45, 7) is 3.97. The molecule has 0 aromatic rings. The first-order valence-corrected chi connectivity index (χ1v) is 7.20. The summed E-state index contributed by atoms with van der Waals surface area (Å²) in [7, 11) is 0. The molecule has 0 bridgehead atoms. The second-order valence-corrected chi connectivity index (χ2v) is 5.54. The zero-order valence-corrected chi connectivity index (χ0v) is 11.4. The van der Waals surface area contributed by atoms with E-state index in [4.69, 9.17) is 5.73 Å². The molecular formula is C13H24N4O2. The van der Waals surface area contributed by atoms with Crippen molar-refractivity contribution in [1.29, 1.82) is 0 Å². The van der Waals surface area contributed by atoms with Crippen LogP contribution in [0.2, 0.25) is 0 Å². The van der Waals surface area contributed by atoms with E-state index in [2.05, 4.69) is 15.5 Å². The molecule has 0 aliphatic carbocycles. The average Bonchev–Trinajstić information content (AvgIpc) is 2.90. The zero-order chi connectivity index (χ0) is 13.7. The third-order valence-electron chi connectivity index (χ3n) is 4.22. The first-order chi connectivity index (χ1) is 9.15. The summed E-state index contributed by atoms with van der Waals surface area (Å²) < 4.78 is 0. The van der Waals surface area contributed by atoms with Crippen LogP contribution in [0.4, 0.5) is 4.79 Å². The molecule has 19 heavy (non-hydrogen) atoms. The molecule has 0 spiro atoms. The quantitative estimate of drug-likeness (QED) is 0.671. The summed E-state index contributed by atoms with van der Waals surface area (Å²) >= 11 is 0. The minimum Gasteiger partial charge on any atom is -0.351 e. The van der Waals surface area contributed by atoms with E-state index in [-0.39, 0.29) is 5.91 Å². The maximum atomic E-state index is 11.3. The molecule has 2 aliphatic rings. The van der Waals surface area contributed by atoms with Crippen molar-refractivity contribution in [2.45, 2.75) is 38.1 Å². The van der Waals surface area contributed by atoms with E-state index in [9.17, 15) is 9.59 Å². The number of carbonyl (C=O) groups is 2. The largest absolute Gasteiger partial charge is 0.351 e. The van der Waals surface area contributed by atoms with Crippen LogP contribution in [0.15, 0.2) is 0 Å². The smallest absolute Gasteiger partial charge is 0.318 e. The number of hydrogen-bond donors (Lipinski definition) is 3. The Morgan fingerprint density at radius 2 is 2.00 bits per heavy atom. The molecule has 2 heterocycles. The Morgan fingerprint density at radius 1 is 1.26 bits per heavy atom. The second-order valence-electron chi connectivity index (χ2n) is 5.54. The first-order valence-electron chi connectivity index (χ1n) is 7.20. The van der Waals surface area contributed by atoms with Crippen molar-refractivity contribution in [3.63, 3.8) is 0 Å². The topological polar surface area (TPSA) is 87.5 Å². The van der Waals surface area contributed by atoms with Gasteiger partial charge in [-0.15, -0.1) is 0 Å². The zero-order valence-electron chi connectivity index (χ0n) is 11.4. The number of hydrogen-bond acceptors (Lipinski definition) is 4. The number of nitrogens with two attached hydrogens (primary N) is 1. The molecule has 2 saturated heterocycles. The molecule has 0 aromatic carbocycles. The Morgan fingerprint density at radius 3 is 2.58 bits per heavy atom. The van der Waals surface area contributed by atoms with Gasteiger partial charge in [0.15, 0.2) is 0 Å². The van der Waals surface area contributed by atoms with Crippen LogP contribution in [0.3, 0.4) is 0 Å². The molecule has 1 unspecified atom stereocenters. The van der Waals surface area contributed by atoms with Crippen molar-refractivity contribution in [3.05, 3.63) is 0 Å². The number of nitrogens with zero attached hydrogens (tertiary/aromatic N) is 1. The van der Waals surface area contributed by atoms with Crippen LogP contribution in [-0.4, -0.2) is 49.1 Å². The Kier molecular flexibility index (Phi) is 5.15. The summed E-state index contributed by atoms with van der Waals surface area (Å²) in [6.07, 6.45) is 5.36. The summed E-state index contributed by atoms with van der Waals surface area (Å²) in [6, 6.07) is -0.0590. The van der Waals surface area contributed by atoms with Gasteiger partial charge < -0.3 is 16.0 Å². The second kappa shape index (κ2) is 6.86. The highest BCUT2D eigenvalue weighted by atomic mass is 16.2. The van der Waals surface area contributed by atoms with Crippen molar-refractivity contribution in [3.8, 4) is 0 Å². The maximum Gasteiger partial charge on any atom is 0.318 e. The summed E-state index contributed by atoms with van der Waals surface area (Å²) in [5.41, 5.74) is 4.90. The number of amides is 3. The number of primary amides is 1. The van der Waals surface area contributed by atoms with Crippen LogP contribution in [-0.2, 0) is 4.79 Å². The lowest BCUT2D eigenvalue weighted by Gasteiger charge is -2.34. The SMILES string of the molecule is NC(=O)NC(=O)CCN1CCC(C2CCCN2)CC1. The lowest BCUT2D eigenvalue weighted by atomic mass is 9.88. The van der Waals surface area contributed by atoms with E-state index < -0.39 is 6.03 Å². The van der Waals surface area contributed by atoms with Gasteiger partial charge >= 0.3 is 6.03 Å². The third-order valence-corrected chi connectivity index (χ3v) is 4.22. The van der Waals surface area contributed by atoms with Gasteiger partial charge in [0, 0.05) is 19.0 Å². The first kappa shape index (κ1) is 14.3. The van der Waals surface area contributed by atoms with Crippen molar-refractivity contribution >= 4 is 11.9 Å². The van der Waals surface area contributed by atoms with Crippen LogP contribution < -0.4 is 16.4 Å². The van der Waals surface area contributed by atoms with Crippen LogP contribution in [0, 0.1) is 5.92 Å². The van der Waals surface area contributed by atoms with Crippen molar-refractivity contribution in [2.24, 2.45) is 11.7 Å². The Hall–Kier alpha value is -1.14. The number of piperidine rings is 1. The molecule has 0 saturated carbocycles. The van der Waals surface area contributed by atoms with Gasteiger partial charge in [-0.3, -0.25) is 10.1 Å². The highest BCUT2D eigenvalue weighted by molar-refractivity contribution is 5.93. The predicted octanol–water partition coefficient (Wildman–Crippen LogP) is 0.0354. The number of likely N-dealkylation sites (tertiary alicyclic amines) is 1. The maximum absolute atomic E-state index is 11.3. The molecule has 0 radical (unpaired) electrons. The van der Waals surface area contributed by atoms with Gasteiger partial charge in [0.05, 0.1) is 0 Å². The number of nitrogens with one attached hydrogen (secondary N) is 2. The Bertz CT molecular complexity index is 321. The van der Waals surface area contributed by atoms with Crippen molar-refractivity contribution < 1.29 is 9.59 Å². The van der Waals surface area contributed by atoms with E-state index in [0.717, 1.165) is 25.6 Å². The molecule has 4 N–H and O–H groups in total. The van der Waals surface area contributed by atoms with Gasteiger partial charge in [-0.25, -0.2) is 4.79 Å². The van der Waals surface area contributed by atoms with Crippen LogP contribution in [0.5, 0.6) is 0 Å². The molecule has 0 aromatic heterocycles. The van der Waals surface area contributed by atoms with E-state index >= 15 is 0 Å². The van der Waals surface area contributed by atoms with Crippen molar-refractivity contribution in [2.75, 3.05) is 26.2 Å². The Labute approximate surface area is 114 Å². The fourth-order valence-electron chi connectivity index (χ4n) is 3.15. The van der Waals surface area contributed by atoms with Crippen LogP contribution in [0.25, 0.3) is 0 Å². The molecule has 2 aliphatic heterocycles. The standard InChI is InChI=1S/C13H24N4O2/c14-13(19)16-12(18)5-9-17-7-3-10(4-8-17)11-2-1-6-15-11/h10-11,15H,1-9H2,(H3,14,16,18,19). The lowest BCUT2D eigenvalue weighted by molar-refractivity contribution is -0.120. The van der Waals surface area contributed by atoms with E-state index in [1.54, 1.807) is 0 Å². The Balaban J connectivity index is 1.63. The summed E-state index contributed by atoms with van der Waals surface area (Å²) in [5, 5.41) is 5.68. The van der Waals surface area contributed by atoms with Gasteiger partial charge in [-0.1, -0.05) is 0 Å². The van der Waals surface area contributed by atoms with E-state index in [1.807, 2.05) is 0 Å². The predicted molar refractivity (Wildman–Crippen MR) is 72.5 cm³/mol. The van der Waals surface area contributed by atoms with Gasteiger partial charge in [-0.05, 0) is 51.2 Å². The molecule has 3 amide bonds. The molecular weight excluding hydrogens is 244 g/mol. The monoisotopic (exact) mass is 268 g/mol. The highest BCUT2D eigenvalue weighted by Gasteiger charge is 2.28. The average molecular weight is 268 g/mol. The van der Waals surface area contributed by atoms with Gasteiger partial charge in [0.1, 0.15) is 0 Å². The summed E-state index contributed by atoms with van der Waals surface area (Å²) in [5.74, 6) is 0.505. The minimum atomic E-state index is -0.768. The fraction of sp³-hybridized carbons (Fsp3) is 0.846. The number of rotatable bonds is 4. The van der Waals surface area contributed by atoms with Crippen LogP contribution in [0.1, 0.15) is 32.1 Å².